The first-order valence-electron chi connectivity index (χ1n) is 20.0. The van der Waals surface area contributed by atoms with Gasteiger partial charge in [0.2, 0.25) is 5.95 Å². The highest BCUT2D eigenvalue weighted by atomic mass is 15.2. The minimum atomic E-state index is 0.822. The van der Waals surface area contributed by atoms with Gasteiger partial charge in [0.1, 0.15) is 5.65 Å². The summed E-state index contributed by atoms with van der Waals surface area (Å²) < 4.78 is 4.59. The van der Waals surface area contributed by atoms with E-state index >= 15 is 0 Å². The predicted molar refractivity (Wildman–Crippen MR) is 245 cm³/mol. The highest BCUT2D eigenvalue weighted by molar-refractivity contribution is 6.22. The number of aromatic nitrogens is 4. The van der Waals surface area contributed by atoms with E-state index in [9.17, 15) is 0 Å². The Balaban J connectivity index is 1.00. The van der Waals surface area contributed by atoms with E-state index in [2.05, 4.69) is 226 Å². The van der Waals surface area contributed by atoms with Crippen LogP contribution < -0.4 is 4.90 Å². The lowest BCUT2D eigenvalue weighted by Crippen LogP contribution is -2.09. The molecule has 0 radical (unpaired) electrons. The van der Waals surface area contributed by atoms with Gasteiger partial charge in [-0.15, -0.1) is 0 Å². The summed E-state index contributed by atoms with van der Waals surface area (Å²) in [5.74, 6) is 0.822. The third-order valence-electron chi connectivity index (χ3n) is 11.7. The van der Waals surface area contributed by atoms with Crippen LogP contribution >= 0.6 is 0 Å². The van der Waals surface area contributed by atoms with Crippen LogP contribution in [0.4, 0.5) is 17.1 Å². The highest BCUT2D eigenvalue weighted by Gasteiger charge is 2.22. The number of hydrogen-bond donors (Lipinski definition) is 0. The van der Waals surface area contributed by atoms with Gasteiger partial charge < -0.3 is 4.90 Å². The molecule has 5 nitrogen and oxygen atoms in total. The van der Waals surface area contributed by atoms with Gasteiger partial charge in [0.05, 0.1) is 27.6 Å². The lowest BCUT2D eigenvalue weighted by Gasteiger charge is -2.25. The van der Waals surface area contributed by atoms with Crippen LogP contribution in [0.3, 0.4) is 0 Å². The molecule has 12 aromatic rings. The Morgan fingerprint density at radius 2 is 0.864 bits per heavy atom. The molecule has 0 saturated carbocycles. The molecule has 0 fully saturated rings. The Hall–Kier alpha value is -8.02. The van der Waals surface area contributed by atoms with E-state index < -0.39 is 0 Å². The van der Waals surface area contributed by atoms with Gasteiger partial charge in [0.15, 0.2) is 0 Å². The van der Waals surface area contributed by atoms with Gasteiger partial charge in [-0.1, -0.05) is 140 Å². The van der Waals surface area contributed by atoms with Crippen molar-refractivity contribution in [2.45, 2.75) is 0 Å². The molecule has 9 aromatic carbocycles. The van der Waals surface area contributed by atoms with Crippen molar-refractivity contribution in [1.29, 1.82) is 0 Å². The van der Waals surface area contributed by atoms with E-state index in [1.807, 2.05) is 0 Å². The van der Waals surface area contributed by atoms with E-state index in [1.54, 1.807) is 0 Å². The van der Waals surface area contributed by atoms with Crippen LogP contribution in [0.2, 0.25) is 0 Å². The Kier molecular flexibility index (Phi) is 7.47. The number of benzene rings is 9. The topological polar surface area (TPSA) is 38.4 Å². The van der Waals surface area contributed by atoms with Gasteiger partial charge in [0, 0.05) is 38.6 Å². The van der Waals surface area contributed by atoms with Crippen LogP contribution in [0.25, 0.3) is 88.4 Å². The molecule has 0 spiro atoms. The van der Waals surface area contributed by atoms with E-state index in [0.717, 1.165) is 61.6 Å². The molecule has 0 N–H and O–H groups in total. The zero-order valence-electron chi connectivity index (χ0n) is 31.9. The number of imidazole rings is 1. The number of fused-ring (bicyclic) bond motifs is 10. The largest absolute Gasteiger partial charge is 0.311 e. The Bertz CT molecular complexity index is 3490. The lowest BCUT2D eigenvalue weighted by atomic mass is 9.94. The molecule has 0 bridgehead atoms. The average molecular weight is 754 g/mol. The molecular weight excluding hydrogens is 719 g/mol. The third-order valence-corrected chi connectivity index (χ3v) is 11.7. The molecule has 5 heteroatoms. The first-order valence-corrected chi connectivity index (χ1v) is 20.0. The summed E-state index contributed by atoms with van der Waals surface area (Å²) in [4.78, 5) is 12.9. The summed E-state index contributed by atoms with van der Waals surface area (Å²) >= 11 is 0. The number of nitrogens with zero attached hydrogens (tertiary/aromatic N) is 5. The van der Waals surface area contributed by atoms with Crippen molar-refractivity contribution in [3.8, 4) is 28.2 Å². The van der Waals surface area contributed by atoms with Gasteiger partial charge in [-0.25, -0.2) is 9.97 Å². The lowest BCUT2D eigenvalue weighted by molar-refractivity contribution is 0.982. The molecule has 0 unspecified atom stereocenters. The highest BCUT2D eigenvalue weighted by Crippen LogP contribution is 2.42. The second-order valence-corrected chi connectivity index (χ2v) is 15.0. The van der Waals surface area contributed by atoms with Crippen LogP contribution in [0.5, 0.6) is 0 Å². The molecule has 12 rings (SSSR count). The average Bonchev–Trinajstić information content (AvgIpc) is 3.87. The molecular formula is C54H35N5. The third kappa shape index (κ3) is 5.25. The summed E-state index contributed by atoms with van der Waals surface area (Å²) in [6.07, 6.45) is 0. The molecule has 0 aliphatic rings. The molecule has 0 aliphatic heterocycles. The molecule has 0 aliphatic carbocycles. The van der Waals surface area contributed by atoms with Crippen molar-refractivity contribution in [3.63, 3.8) is 0 Å². The van der Waals surface area contributed by atoms with Crippen LogP contribution in [0.1, 0.15) is 0 Å². The summed E-state index contributed by atoms with van der Waals surface area (Å²) in [6, 6.07) is 75.5. The molecule has 0 saturated heterocycles. The van der Waals surface area contributed by atoms with Crippen LogP contribution in [0, 0.1) is 0 Å². The van der Waals surface area contributed by atoms with Gasteiger partial charge in [-0.05, 0) is 100 Å². The summed E-state index contributed by atoms with van der Waals surface area (Å²) in [7, 11) is 0. The standard InChI is InChI=1S/C54H35N5/c1-3-15-39(16-4-1)57(40-17-5-2-6-18-40)41-33-31-37(32-34-41)36-27-29-38(30-28-36)46-35-47-43-20-10-13-25-50(43)58(52(47)44-21-8-7-19-42(44)46)54-56-48-23-11-9-22-45(48)53-55-49-24-12-14-26-51(49)59(53)54/h1-35H. The first-order chi connectivity index (χ1) is 29.3. The Morgan fingerprint density at radius 1 is 0.356 bits per heavy atom. The zero-order valence-corrected chi connectivity index (χ0v) is 31.9. The van der Waals surface area contributed by atoms with Gasteiger partial charge in [-0.2, -0.15) is 0 Å². The van der Waals surface area contributed by atoms with Crippen molar-refractivity contribution in [2.24, 2.45) is 0 Å². The maximum Gasteiger partial charge on any atom is 0.221 e. The maximum atomic E-state index is 5.42. The fourth-order valence-electron chi connectivity index (χ4n) is 8.99. The fourth-order valence-corrected chi connectivity index (χ4v) is 8.99. The Morgan fingerprint density at radius 3 is 1.56 bits per heavy atom. The molecule has 3 aromatic heterocycles. The molecule has 59 heavy (non-hydrogen) atoms. The summed E-state index contributed by atoms with van der Waals surface area (Å²) in [6.45, 7) is 0. The van der Waals surface area contributed by atoms with Gasteiger partial charge in [0.25, 0.3) is 0 Å². The van der Waals surface area contributed by atoms with E-state index in [1.165, 1.54) is 43.8 Å². The summed E-state index contributed by atoms with van der Waals surface area (Å²) in [5.41, 5.74) is 14.1. The second-order valence-electron chi connectivity index (χ2n) is 15.0. The van der Waals surface area contributed by atoms with Crippen molar-refractivity contribution < 1.29 is 0 Å². The fraction of sp³-hybridized carbons (Fsp3) is 0. The molecule has 0 amide bonds. The van der Waals surface area contributed by atoms with Crippen LogP contribution in [-0.2, 0) is 0 Å². The van der Waals surface area contributed by atoms with Crippen LogP contribution in [-0.4, -0.2) is 18.9 Å². The van der Waals surface area contributed by atoms with Gasteiger partial charge in [-0.3, -0.25) is 8.97 Å². The first kappa shape index (κ1) is 33.2. The monoisotopic (exact) mass is 753 g/mol. The van der Waals surface area contributed by atoms with Crippen molar-refractivity contribution in [2.75, 3.05) is 4.90 Å². The van der Waals surface area contributed by atoms with Crippen LogP contribution in [0.15, 0.2) is 212 Å². The van der Waals surface area contributed by atoms with Crippen molar-refractivity contribution >= 4 is 77.2 Å². The predicted octanol–water partition coefficient (Wildman–Crippen LogP) is 14.1. The van der Waals surface area contributed by atoms with Crippen molar-refractivity contribution in [1.82, 2.24) is 18.9 Å². The van der Waals surface area contributed by atoms with Crippen molar-refractivity contribution in [3.05, 3.63) is 212 Å². The second kappa shape index (κ2) is 13.3. The van der Waals surface area contributed by atoms with E-state index in [-0.39, 0.29) is 0 Å². The Labute approximate surface area is 340 Å². The number of hydrogen-bond acceptors (Lipinski definition) is 3. The minimum absolute atomic E-state index is 0.822. The SMILES string of the molecule is c1ccc(N(c2ccccc2)c2ccc(-c3ccc(-c4cc5c6ccccc6n(-c6nc7ccccc7c7nc8ccccc8n67)c5c5ccccc45)cc3)cc2)cc1. The van der Waals surface area contributed by atoms with Gasteiger partial charge >= 0.3 is 0 Å². The quantitative estimate of drug-likeness (QED) is 0.170. The minimum Gasteiger partial charge on any atom is -0.311 e. The van der Waals surface area contributed by atoms with E-state index in [4.69, 9.17) is 9.97 Å². The molecule has 276 valence electrons. The zero-order chi connectivity index (χ0) is 38.9. The molecule has 3 heterocycles. The normalized spacial score (nSPS) is 11.7. The number of anilines is 3. The maximum absolute atomic E-state index is 5.42. The number of rotatable bonds is 6. The molecule has 0 atom stereocenters. The van der Waals surface area contributed by atoms with E-state index in [0.29, 0.717) is 0 Å². The smallest absolute Gasteiger partial charge is 0.221 e. The number of para-hydroxylation sites is 6. The summed E-state index contributed by atoms with van der Waals surface area (Å²) in [5, 5.41) is 5.75.